The lowest BCUT2D eigenvalue weighted by Crippen LogP contribution is -2.54. The Bertz CT molecular complexity index is 687. The highest BCUT2D eigenvalue weighted by atomic mass is 16.5. The standard InChI is InChI=1S/C16H16N2O6/c19-12-8-13-18(12)14(15(20)21)11(24-13)6-7-17-16(22)23-9-10-4-2-1-3-5-10/h1-6,13-14H,7-9H2,(H,17,22)(H,20,21)/b11-6+/t13-,14-/m0/s1. The Labute approximate surface area is 137 Å². The van der Waals surface area contributed by atoms with Gasteiger partial charge in [-0.2, -0.15) is 0 Å². The molecule has 0 aromatic heterocycles. The van der Waals surface area contributed by atoms with Crippen molar-refractivity contribution in [2.75, 3.05) is 6.54 Å². The summed E-state index contributed by atoms with van der Waals surface area (Å²) in [6.45, 7) is 0.184. The topological polar surface area (TPSA) is 105 Å². The molecule has 1 aromatic rings. The van der Waals surface area contributed by atoms with Crippen LogP contribution in [0.15, 0.2) is 42.2 Å². The second kappa shape index (κ2) is 6.61. The second-order valence-corrected chi connectivity index (χ2v) is 5.37. The van der Waals surface area contributed by atoms with Crippen molar-refractivity contribution >= 4 is 18.0 Å². The molecule has 0 saturated carbocycles. The molecule has 8 heteroatoms. The first-order valence-electron chi connectivity index (χ1n) is 7.41. The number of carbonyl (C=O) groups is 3. The van der Waals surface area contributed by atoms with Crippen LogP contribution in [0.5, 0.6) is 0 Å². The first-order valence-corrected chi connectivity index (χ1v) is 7.41. The highest BCUT2D eigenvalue weighted by Crippen LogP contribution is 2.36. The molecule has 24 heavy (non-hydrogen) atoms. The van der Waals surface area contributed by atoms with Gasteiger partial charge in [0.25, 0.3) is 0 Å². The third kappa shape index (κ3) is 3.17. The average molecular weight is 332 g/mol. The molecule has 0 aliphatic carbocycles. The van der Waals surface area contributed by atoms with Crippen LogP contribution < -0.4 is 5.32 Å². The van der Waals surface area contributed by atoms with E-state index in [0.717, 1.165) is 5.56 Å². The monoisotopic (exact) mass is 332 g/mol. The van der Waals surface area contributed by atoms with Crippen LogP contribution in [0.3, 0.4) is 0 Å². The Hall–Kier alpha value is -3.03. The minimum Gasteiger partial charge on any atom is -0.479 e. The van der Waals surface area contributed by atoms with Crippen LogP contribution in [0.2, 0.25) is 0 Å². The maximum atomic E-state index is 11.6. The number of carboxylic acids is 1. The van der Waals surface area contributed by atoms with Crippen molar-refractivity contribution in [2.24, 2.45) is 0 Å². The number of aliphatic carboxylic acids is 1. The number of ether oxygens (including phenoxy) is 2. The molecule has 2 amide bonds. The Morgan fingerprint density at radius 1 is 1.38 bits per heavy atom. The molecule has 1 aromatic carbocycles. The highest BCUT2D eigenvalue weighted by Gasteiger charge is 2.53. The van der Waals surface area contributed by atoms with Gasteiger partial charge < -0.3 is 19.9 Å². The van der Waals surface area contributed by atoms with Crippen LogP contribution >= 0.6 is 0 Å². The number of fused-ring (bicyclic) bond motifs is 1. The van der Waals surface area contributed by atoms with Gasteiger partial charge in [0.2, 0.25) is 5.91 Å². The molecule has 8 nitrogen and oxygen atoms in total. The first kappa shape index (κ1) is 15.9. The number of amides is 2. The van der Waals surface area contributed by atoms with Crippen LogP contribution in [0.4, 0.5) is 4.79 Å². The molecule has 2 atom stereocenters. The number of nitrogens with one attached hydrogen (secondary N) is 1. The lowest BCUT2D eigenvalue weighted by Gasteiger charge is -2.33. The van der Waals surface area contributed by atoms with Gasteiger partial charge >= 0.3 is 12.1 Å². The second-order valence-electron chi connectivity index (χ2n) is 5.37. The van der Waals surface area contributed by atoms with Gasteiger partial charge in [-0.25, -0.2) is 9.59 Å². The number of β-lactam (4-membered cyclic amide) rings is 1. The zero-order valence-corrected chi connectivity index (χ0v) is 12.7. The highest BCUT2D eigenvalue weighted by molar-refractivity contribution is 5.91. The van der Waals surface area contributed by atoms with Crippen LogP contribution in [-0.4, -0.2) is 46.8 Å². The molecular formula is C16H16N2O6. The van der Waals surface area contributed by atoms with Crippen LogP contribution in [0, 0.1) is 0 Å². The van der Waals surface area contributed by atoms with Crippen molar-refractivity contribution in [1.82, 2.24) is 10.2 Å². The minimum absolute atomic E-state index is 0.0431. The lowest BCUT2D eigenvalue weighted by molar-refractivity contribution is -0.163. The fraction of sp³-hybridized carbons (Fsp3) is 0.312. The molecule has 2 aliphatic heterocycles. The van der Waals surface area contributed by atoms with Gasteiger partial charge in [-0.05, 0) is 11.6 Å². The molecule has 2 N–H and O–H groups in total. The third-order valence-electron chi connectivity index (χ3n) is 3.76. The van der Waals surface area contributed by atoms with Gasteiger partial charge in [0.05, 0.1) is 6.42 Å². The Morgan fingerprint density at radius 2 is 2.12 bits per heavy atom. The van der Waals surface area contributed by atoms with Crippen LogP contribution in [0.25, 0.3) is 0 Å². The fourth-order valence-electron chi connectivity index (χ4n) is 2.58. The van der Waals surface area contributed by atoms with E-state index in [1.54, 1.807) is 0 Å². The maximum absolute atomic E-state index is 11.6. The molecule has 0 unspecified atom stereocenters. The molecule has 126 valence electrons. The van der Waals surface area contributed by atoms with Crippen molar-refractivity contribution < 1.29 is 29.0 Å². The Morgan fingerprint density at radius 3 is 2.79 bits per heavy atom. The largest absolute Gasteiger partial charge is 0.479 e. The maximum Gasteiger partial charge on any atom is 0.407 e. The Balaban J connectivity index is 1.49. The lowest BCUT2D eigenvalue weighted by atomic mass is 10.1. The van der Waals surface area contributed by atoms with Gasteiger partial charge in [-0.3, -0.25) is 9.69 Å². The number of nitrogens with zero attached hydrogens (tertiary/aromatic N) is 1. The van der Waals surface area contributed by atoms with Crippen molar-refractivity contribution in [3.63, 3.8) is 0 Å². The molecule has 2 heterocycles. The summed E-state index contributed by atoms with van der Waals surface area (Å²) in [7, 11) is 0. The van der Waals surface area contributed by atoms with E-state index in [2.05, 4.69) is 5.32 Å². The quantitative estimate of drug-likeness (QED) is 0.774. The first-order chi connectivity index (χ1) is 11.6. The number of hydrogen-bond donors (Lipinski definition) is 2. The fourth-order valence-corrected chi connectivity index (χ4v) is 2.58. The van der Waals surface area contributed by atoms with E-state index in [-0.39, 0.29) is 31.2 Å². The summed E-state index contributed by atoms with van der Waals surface area (Å²) in [6.07, 6.45) is 0.469. The summed E-state index contributed by atoms with van der Waals surface area (Å²) in [5.41, 5.74) is 0.860. The predicted molar refractivity (Wildman–Crippen MR) is 80.5 cm³/mol. The summed E-state index contributed by atoms with van der Waals surface area (Å²) in [4.78, 5) is 35.5. The Kier molecular flexibility index (Phi) is 4.37. The number of alkyl carbamates (subject to hydrolysis) is 1. The third-order valence-corrected chi connectivity index (χ3v) is 3.76. The normalized spacial score (nSPS) is 23.2. The molecule has 0 bridgehead atoms. The predicted octanol–water partition coefficient (Wildman–Crippen LogP) is 0.838. The smallest absolute Gasteiger partial charge is 0.407 e. The van der Waals surface area contributed by atoms with Crippen LogP contribution in [-0.2, 0) is 25.7 Å². The summed E-state index contributed by atoms with van der Waals surface area (Å²) < 4.78 is 10.4. The van der Waals surface area contributed by atoms with Gasteiger partial charge in [-0.1, -0.05) is 30.3 Å². The molecule has 2 fully saturated rings. The molecule has 2 saturated heterocycles. The van der Waals surface area contributed by atoms with Crippen molar-refractivity contribution in [3.8, 4) is 0 Å². The summed E-state index contributed by atoms with van der Waals surface area (Å²) in [6, 6.07) is 8.09. The van der Waals surface area contributed by atoms with E-state index in [9.17, 15) is 19.5 Å². The molecule has 0 radical (unpaired) electrons. The van der Waals surface area contributed by atoms with Crippen molar-refractivity contribution in [2.45, 2.75) is 25.3 Å². The molecule has 3 rings (SSSR count). The molecular weight excluding hydrogens is 316 g/mol. The van der Waals surface area contributed by atoms with Crippen LogP contribution in [0.1, 0.15) is 12.0 Å². The number of hydrogen-bond acceptors (Lipinski definition) is 5. The van der Waals surface area contributed by atoms with E-state index in [0.29, 0.717) is 0 Å². The van der Waals surface area contributed by atoms with Gasteiger partial charge in [-0.15, -0.1) is 0 Å². The number of benzene rings is 1. The van der Waals surface area contributed by atoms with E-state index in [1.807, 2.05) is 30.3 Å². The molecule has 0 spiro atoms. The van der Waals surface area contributed by atoms with Gasteiger partial charge in [0.1, 0.15) is 12.4 Å². The number of carboxylic acid groups (broad SMARTS) is 1. The SMILES string of the molecule is O=C(NC/C=C1/O[C@H]2CC(=O)N2[C@@H]1C(=O)O)OCc1ccccc1. The zero-order valence-electron chi connectivity index (χ0n) is 12.7. The zero-order chi connectivity index (χ0) is 17.1. The summed E-state index contributed by atoms with van der Waals surface area (Å²) >= 11 is 0. The van der Waals surface area contributed by atoms with E-state index in [1.165, 1.54) is 11.0 Å². The summed E-state index contributed by atoms with van der Waals surface area (Å²) in [5.74, 6) is -1.27. The van der Waals surface area contributed by atoms with E-state index in [4.69, 9.17) is 9.47 Å². The van der Waals surface area contributed by atoms with Gasteiger partial charge in [0.15, 0.2) is 12.3 Å². The molecule has 2 aliphatic rings. The number of rotatable bonds is 5. The van der Waals surface area contributed by atoms with E-state index >= 15 is 0 Å². The van der Waals surface area contributed by atoms with E-state index < -0.39 is 24.3 Å². The summed E-state index contributed by atoms with van der Waals surface area (Å²) in [5, 5.41) is 11.7. The van der Waals surface area contributed by atoms with Crippen molar-refractivity contribution in [3.05, 3.63) is 47.7 Å². The number of carbonyl (C=O) groups excluding carboxylic acids is 2. The average Bonchev–Trinajstić information content (AvgIpc) is 2.86. The van der Waals surface area contributed by atoms with Crippen molar-refractivity contribution in [1.29, 1.82) is 0 Å². The van der Waals surface area contributed by atoms with Gasteiger partial charge in [0, 0.05) is 6.54 Å². The minimum atomic E-state index is -1.16.